The molecular weight excluding hydrogens is 202 g/mol. The van der Waals surface area contributed by atoms with Gasteiger partial charge in [-0.3, -0.25) is 0 Å². The summed E-state index contributed by atoms with van der Waals surface area (Å²) in [7, 11) is 0. The van der Waals surface area contributed by atoms with Crippen molar-refractivity contribution < 1.29 is 0 Å². The number of halogens is 1. The molecule has 0 atom stereocenters. The zero-order valence-electron chi connectivity index (χ0n) is 7.02. The Labute approximate surface area is 77.5 Å². The minimum absolute atomic E-state index is 0.877. The van der Waals surface area contributed by atoms with Crippen LogP contribution in [0.3, 0.4) is 0 Å². The molecule has 0 fully saturated rings. The van der Waals surface area contributed by atoms with Crippen molar-refractivity contribution in [3.63, 3.8) is 0 Å². The molecule has 0 spiro atoms. The van der Waals surface area contributed by atoms with E-state index >= 15 is 0 Å². The van der Waals surface area contributed by atoms with Gasteiger partial charge in [-0.25, -0.2) is 0 Å². The minimum Gasteiger partial charge on any atom is -0.399 e. The molecule has 2 heteroatoms. The highest BCUT2D eigenvalue weighted by Gasteiger charge is 1.80. The molecule has 11 heavy (non-hydrogen) atoms. The van der Waals surface area contributed by atoms with Crippen molar-refractivity contribution in [2.24, 2.45) is 5.73 Å². The fourth-order valence-corrected chi connectivity index (χ4v) is 1.04. The largest absolute Gasteiger partial charge is 0.399 e. The number of alkyl halides is 1. The lowest BCUT2D eigenvalue weighted by atomic mass is 10.2. The number of hydrogen-bond donors (Lipinski definition) is 1. The lowest BCUT2D eigenvalue weighted by Crippen LogP contribution is -1.91. The van der Waals surface area contributed by atoms with Crippen LogP contribution < -0.4 is 5.73 Å². The Morgan fingerprint density at radius 1 is 1.55 bits per heavy atom. The molecule has 0 aliphatic rings. The molecule has 0 aromatic rings. The zero-order valence-corrected chi connectivity index (χ0v) is 8.60. The van der Waals surface area contributed by atoms with Gasteiger partial charge < -0.3 is 5.73 Å². The van der Waals surface area contributed by atoms with Crippen LogP contribution in [-0.4, -0.2) is 5.33 Å². The van der Waals surface area contributed by atoms with Crippen LogP contribution in [-0.2, 0) is 0 Å². The first-order valence-corrected chi connectivity index (χ1v) is 5.11. The average molecular weight is 218 g/mol. The van der Waals surface area contributed by atoms with Gasteiger partial charge in [-0.2, -0.15) is 0 Å². The van der Waals surface area contributed by atoms with Crippen LogP contribution in [0.5, 0.6) is 0 Å². The van der Waals surface area contributed by atoms with Crippen LogP contribution in [0.25, 0.3) is 0 Å². The molecule has 0 unspecified atom stereocenters. The van der Waals surface area contributed by atoms with Gasteiger partial charge in [0.25, 0.3) is 0 Å². The predicted octanol–water partition coefficient (Wildman–Crippen LogP) is 2.97. The monoisotopic (exact) mass is 217 g/mol. The number of hydrogen-bond acceptors (Lipinski definition) is 1. The Balaban J connectivity index is 3.48. The van der Waals surface area contributed by atoms with Crippen LogP contribution in [0.15, 0.2) is 23.9 Å². The van der Waals surface area contributed by atoms with Crippen molar-refractivity contribution in [3.05, 3.63) is 23.9 Å². The molecule has 0 saturated carbocycles. The van der Waals surface area contributed by atoms with Gasteiger partial charge in [0.1, 0.15) is 0 Å². The first-order chi connectivity index (χ1) is 5.31. The molecule has 0 bridgehead atoms. The third-order valence-electron chi connectivity index (χ3n) is 1.25. The van der Waals surface area contributed by atoms with Crippen LogP contribution in [0, 0.1) is 0 Å². The van der Waals surface area contributed by atoms with Gasteiger partial charge in [-0.15, -0.1) is 0 Å². The van der Waals surface area contributed by atoms with Crippen molar-refractivity contribution in [3.8, 4) is 0 Å². The molecular formula is C9H16BrN. The van der Waals surface area contributed by atoms with Crippen LogP contribution in [0.1, 0.15) is 26.2 Å². The molecule has 0 aliphatic heterocycles. The van der Waals surface area contributed by atoms with Gasteiger partial charge in [-0.1, -0.05) is 35.0 Å². The van der Waals surface area contributed by atoms with Gasteiger partial charge in [0.15, 0.2) is 0 Å². The Morgan fingerprint density at radius 3 is 2.82 bits per heavy atom. The first kappa shape index (κ1) is 10.8. The summed E-state index contributed by atoms with van der Waals surface area (Å²) in [6.45, 7) is 2.08. The molecule has 0 radical (unpaired) electrons. The first-order valence-electron chi connectivity index (χ1n) is 3.99. The summed E-state index contributed by atoms with van der Waals surface area (Å²) < 4.78 is 0. The Morgan fingerprint density at radius 2 is 2.27 bits per heavy atom. The summed E-state index contributed by atoms with van der Waals surface area (Å²) in [5, 5.41) is 1.06. The maximum atomic E-state index is 5.63. The zero-order chi connectivity index (χ0) is 8.53. The summed E-state index contributed by atoms with van der Waals surface area (Å²) in [6.07, 6.45) is 9.40. The van der Waals surface area contributed by atoms with E-state index in [-0.39, 0.29) is 0 Å². The molecule has 0 saturated heterocycles. The van der Waals surface area contributed by atoms with E-state index in [0.29, 0.717) is 0 Å². The van der Waals surface area contributed by atoms with E-state index in [2.05, 4.69) is 28.9 Å². The third-order valence-corrected chi connectivity index (χ3v) is 1.82. The van der Waals surface area contributed by atoms with E-state index in [9.17, 15) is 0 Å². The number of nitrogens with two attached hydrogens (primary N) is 1. The maximum absolute atomic E-state index is 5.63. The van der Waals surface area contributed by atoms with E-state index in [1.54, 1.807) is 0 Å². The number of allylic oxidation sites excluding steroid dienone is 3. The summed E-state index contributed by atoms with van der Waals surface area (Å²) in [5.41, 5.74) is 6.51. The molecule has 0 aromatic carbocycles. The van der Waals surface area contributed by atoms with Crippen molar-refractivity contribution in [1.82, 2.24) is 0 Å². The number of rotatable bonds is 5. The molecule has 0 aromatic heterocycles. The molecule has 64 valence electrons. The van der Waals surface area contributed by atoms with Crippen LogP contribution in [0.4, 0.5) is 0 Å². The molecule has 0 aliphatic carbocycles. The second-order valence-corrected chi connectivity index (χ2v) is 3.14. The topological polar surface area (TPSA) is 26.0 Å². The van der Waals surface area contributed by atoms with Gasteiger partial charge in [0, 0.05) is 11.0 Å². The third kappa shape index (κ3) is 7.66. The fourth-order valence-electron chi connectivity index (χ4n) is 0.718. The smallest absolute Gasteiger partial charge is 0.0270 e. The Hall–Kier alpha value is -0.240. The SMILES string of the molecule is CC/C=C(N)\C=C/CCCBr. The van der Waals surface area contributed by atoms with Crippen LogP contribution >= 0.6 is 15.9 Å². The van der Waals surface area contributed by atoms with E-state index < -0.39 is 0 Å². The summed E-state index contributed by atoms with van der Waals surface area (Å²) in [5.74, 6) is 0. The van der Waals surface area contributed by atoms with Crippen molar-refractivity contribution >= 4 is 15.9 Å². The standard InChI is InChI=1S/C9H16BrN/c1-2-6-9(11)7-4-3-5-8-10/h4,6-7H,2-3,5,8,11H2,1H3/b7-4-,9-6+. The normalized spacial score (nSPS) is 12.7. The Bertz CT molecular complexity index is 138. The minimum atomic E-state index is 0.877. The van der Waals surface area contributed by atoms with Gasteiger partial charge in [0.2, 0.25) is 0 Å². The van der Waals surface area contributed by atoms with Gasteiger partial charge in [-0.05, 0) is 25.3 Å². The lowest BCUT2D eigenvalue weighted by Gasteiger charge is -1.90. The van der Waals surface area contributed by atoms with Gasteiger partial charge in [0.05, 0.1) is 0 Å². The molecule has 0 rings (SSSR count). The lowest BCUT2D eigenvalue weighted by molar-refractivity contribution is 0.977. The van der Waals surface area contributed by atoms with E-state index in [1.165, 1.54) is 6.42 Å². The van der Waals surface area contributed by atoms with E-state index in [1.807, 2.05) is 12.2 Å². The quantitative estimate of drug-likeness (QED) is 0.428. The second kappa shape index (κ2) is 7.86. The molecule has 0 heterocycles. The summed E-state index contributed by atoms with van der Waals surface area (Å²) in [6, 6.07) is 0. The highest BCUT2D eigenvalue weighted by atomic mass is 79.9. The van der Waals surface area contributed by atoms with Gasteiger partial charge >= 0.3 is 0 Å². The average Bonchev–Trinajstić information content (AvgIpc) is 1.99. The van der Waals surface area contributed by atoms with Crippen molar-refractivity contribution in [2.45, 2.75) is 26.2 Å². The summed E-state index contributed by atoms with van der Waals surface area (Å²) >= 11 is 3.37. The maximum Gasteiger partial charge on any atom is 0.0270 e. The second-order valence-electron chi connectivity index (χ2n) is 2.35. The van der Waals surface area contributed by atoms with E-state index in [4.69, 9.17) is 5.73 Å². The summed E-state index contributed by atoms with van der Waals surface area (Å²) in [4.78, 5) is 0. The molecule has 2 N–H and O–H groups in total. The van der Waals surface area contributed by atoms with Crippen molar-refractivity contribution in [2.75, 3.05) is 5.33 Å². The van der Waals surface area contributed by atoms with Crippen molar-refractivity contribution in [1.29, 1.82) is 0 Å². The highest BCUT2D eigenvalue weighted by molar-refractivity contribution is 9.09. The number of unbranched alkanes of at least 4 members (excludes halogenated alkanes) is 1. The Kier molecular flexibility index (Phi) is 7.69. The highest BCUT2D eigenvalue weighted by Crippen LogP contribution is 1.97. The van der Waals surface area contributed by atoms with Crippen LogP contribution in [0.2, 0.25) is 0 Å². The fraction of sp³-hybridized carbons (Fsp3) is 0.556. The molecule has 1 nitrogen and oxygen atoms in total. The van der Waals surface area contributed by atoms with E-state index in [0.717, 1.165) is 23.9 Å². The molecule has 0 amide bonds. The predicted molar refractivity (Wildman–Crippen MR) is 54.7 cm³/mol.